The maximum absolute atomic E-state index is 11.1. The molecule has 0 radical (unpaired) electrons. The molecule has 0 aromatic rings. The molecule has 90 valence electrons. The normalized spacial score (nSPS) is 10.0. The van der Waals surface area contributed by atoms with E-state index in [1.807, 2.05) is 6.92 Å². The van der Waals surface area contributed by atoms with Gasteiger partial charge in [0, 0.05) is 19.7 Å². The molecule has 0 saturated heterocycles. The van der Waals surface area contributed by atoms with E-state index in [0.29, 0.717) is 39.5 Å². The van der Waals surface area contributed by atoms with Crippen molar-refractivity contribution < 1.29 is 19.4 Å². The number of amides is 2. The lowest BCUT2D eigenvalue weighted by molar-refractivity contribution is 0.0946. The molecule has 0 fully saturated rings. The standard InChI is InChI=1S/C9H20N2O4/c1-2-14-6-3-10-9(13)11-4-7-15-8-5-12/h12H,2-8H2,1H3,(H2,10,11,13). The van der Waals surface area contributed by atoms with E-state index in [0.717, 1.165) is 0 Å². The Balaban J connectivity index is 3.11. The van der Waals surface area contributed by atoms with Crippen molar-refractivity contribution in [2.75, 3.05) is 46.1 Å². The summed E-state index contributed by atoms with van der Waals surface area (Å²) < 4.78 is 10.0. The molecule has 0 spiro atoms. The molecule has 2 amide bonds. The van der Waals surface area contributed by atoms with Crippen LogP contribution >= 0.6 is 0 Å². The fourth-order valence-corrected chi connectivity index (χ4v) is 0.847. The first kappa shape index (κ1) is 14.2. The van der Waals surface area contributed by atoms with Crippen LogP contribution in [-0.2, 0) is 9.47 Å². The molecule has 0 atom stereocenters. The molecule has 3 N–H and O–H groups in total. The molecular weight excluding hydrogens is 200 g/mol. The highest BCUT2D eigenvalue weighted by atomic mass is 16.5. The van der Waals surface area contributed by atoms with Crippen LogP contribution in [0.2, 0.25) is 0 Å². The van der Waals surface area contributed by atoms with Crippen molar-refractivity contribution >= 4 is 6.03 Å². The average molecular weight is 220 g/mol. The lowest BCUT2D eigenvalue weighted by Gasteiger charge is -2.07. The zero-order chi connectivity index (χ0) is 11.4. The minimum Gasteiger partial charge on any atom is -0.394 e. The van der Waals surface area contributed by atoms with Gasteiger partial charge in [-0.2, -0.15) is 0 Å². The van der Waals surface area contributed by atoms with Gasteiger partial charge >= 0.3 is 6.03 Å². The molecule has 0 aromatic heterocycles. The molecule has 0 aliphatic rings. The van der Waals surface area contributed by atoms with Gasteiger partial charge in [-0.1, -0.05) is 0 Å². The van der Waals surface area contributed by atoms with Crippen LogP contribution < -0.4 is 10.6 Å². The van der Waals surface area contributed by atoms with Crippen molar-refractivity contribution in [2.45, 2.75) is 6.92 Å². The van der Waals surface area contributed by atoms with Crippen molar-refractivity contribution in [3.05, 3.63) is 0 Å². The Bertz CT molecular complexity index is 155. The van der Waals surface area contributed by atoms with Gasteiger partial charge in [-0.15, -0.1) is 0 Å². The molecule has 15 heavy (non-hydrogen) atoms. The maximum atomic E-state index is 11.1. The minimum atomic E-state index is -0.234. The number of hydrogen-bond acceptors (Lipinski definition) is 4. The highest BCUT2D eigenvalue weighted by molar-refractivity contribution is 5.73. The number of rotatable bonds is 9. The summed E-state index contributed by atoms with van der Waals surface area (Å²) in [6, 6.07) is -0.234. The molecular formula is C9H20N2O4. The first-order valence-corrected chi connectivity index (χ1v) is 5.09. The molecule has 0 bridgehead atoms. The van der Waals surface area contributed by atoms with Crippen LogP contribution in [0.4, 0.5) is 4.79 Å². The van der Waals surface area contributed by atoms with Gasteiger partial charge in [-0.25, -0.2) is 4.79 Å². The highest BCUT2D eigenvalue weighted by Crippen LogP contribution is 1.73. The predicted octanol–water partition coefficient (Wildman–Crippen LogP) is -0.669. The monoisotopic (exact) mass is 220 g/mol. The van der Waals surface area contributed by atoms with Gasteiger partial charge < -0.3 is 25.2 Å². The molecule has 6 nitrogen and oxygen atoms in total. The summed E-state index contributed by atoms with van der Waals surface area (Å²) in [7, 11) is 0. The van der Waals surface area contributed by atoms with Crippen molar-refractivity contribution in [3.63, 3.8) is 0 Å². The molecule has 0 heterocycles. The Kier molecular flexibility index (Phi) is 10.6. The summed E-state index contributed by atoms with van der Waals surface area (Å²) in [6.07, 6.45) is 0. The van der Waals surface area contributed by atoms with Crippen molar-refractivity contribution in [1.82, 2.24) is 10.6 Å². The third-order valence-corrected chi connectivity index (χ3v) is 1.50. The number of carbonyl (C=O) groups is 1. The van der Waals surface area contributed by atoms with E-state index in [9.17, 15) is 4.79 Å². The number of carbonyl (C=O) groups excluding carboxylic acids is 1. The van der Waals surface area contributed by atoms with E-state index in [1.54, 1.807) is 0 Å². The van der Waals surface area contributed by atoms with Crippen LogP contribution in [0, 0.1) is 0 Å². The van der Waals surface area contributed by atoms with Gasteiger partial charge in [-0.3, -0.25) is 0 Å². The first-order valence-electron chi connectivity index (χ1n) is 5.09. The highest BCUT2D eigenvalue weighted by Gasteiger charge is 1.97. The van der Waals surface area contributed by atoms with Crippen LogP contribution in [0.1, 0.15) is 6.92 Å². The number of aliphatic hydroxyl groups is 1. The Hall–Kier alpha value is -0.850. The summed E-state index contributed by atoms with van der Waals surface area (Å²) in [4.78, 5) is 11.1. The number of ether oxygens (including phenoxy) is 2. The third kappa shape index (κ3) is 11.1. The van der Waals surface area contributed by atoms with Crippen molar-refractivity contribution in [2.24, 2.45) is 0 Å². The van der Waals surface area contributed by atoms with E-state index in [1.165, 1.54) is 0 Å². The Labute approximate surface area is 89.9 Å². The second kappa shape index (κ2) is 11.2. The van der Waals surface area contributed by atoms with Crippen molar-refractivity contribution in [3.8, 4) is 0 Å². The minimum absolute atomic E-state index is 0.000549. The smallest absolute Gasteiger partial charge is 0.314 e. The zero-order valence-electron chi connectivity index (χ0n) is 9.12. The van der Waals surface area contributed by atoms with E-state index < -0.39 is 0 Å². The van der Waals surface area contributed by atoms with Gasteiger partial charge in [-0.05, 0) is 6.92 Å². The van der Waals surface area contributed by atoms with Gasteiger partial charge in [0.1, 0.15) is 0 Å². The Morgan fingerprint density at radius 1 is 1.13 bits per heavy atom. The predicted molar refractivity (Wildman–Crippen MR) is 55.8 cm³/mol. The summed E-state index contributed by atoms with van der Waals surface area (Å²) in [5.74, 6) is 0. The topological polar surface area (TPSA) is 79.8 Å². The molecule has 0 aliphatic carbocycles. The Morgan fingerprint density at radius 3 is 2.27 bits per heavy atom. The quantitative estimate of drug-likeness (QED) is 0.450. The largest absolute Gasteiger partial charge is 0.394 e. The summed E-state index contributed by atoms with van der Waals surface area (Å²) in [5.41, 5.74) is 0. The fourth-order valence-electron chi connectivity index (χ4n) is 0.847. The van der Waals surface area contributed by atoms with E-state index >= 15 is 0 Å². The molecule has 6 heteroatoms. The SMILES string of the molecule is CCOCCNC(=O)NCCOCCO. The zero-order valence-corrected chi connectivity index (χ0v) is 9.12. The summed E-state index contributed by atoms with van der Waals surface area (Å²) >= 11 is 0. The summed E-state index contributed by atoms with van der Waals surface area (Å²) in [5, 5.41) is 13.6. The fraction of sp³-hybridized carbons (Fsp3) is 0.889. The number of aliphatic hydroxyl groups excluding tert-OH is 1. The van der Waals surface area contributed by atoms with Gasteiger partial charge in [0.15, 0.2) is 0 Å². The molecule has 0 rings (SSSR count). The van der Waals surface area contributed by atoms with Gasteiger partial charge in [0.05, 0.1) is 26.4 Å². The van der Waals surface area contributed by atoms with Crippen LogP contribution in [-0.4, -0.2) is 57.3 Å². The Morgan fingerprint density at radius 2 is 1.73 bits per heavy atom. The average Bonchev–Trinajstić information content (AvgIpc) is 2.24. The van der Waals surface area contributed by atoms with Crippen LogP contribution in [0.25, 0.3) is 0 Å². The second-order valence-corrected chi connectivity index (χ2v) is 2.72. The van der Waals surface area contributed by atoms with Crippen LogP contribution in [0.3, 0.4) is 0 Å². The number of hydrogen-bond donors (Lipinski definition) is 3. The van der Waals surface area contributed by atoms with E-state index in [2.05, 4.69) is 10.6 Å². The van der Waals surface area contributed by atoms with E-state index in [4.69, 9.17) is 14.6 Å². The van der Waals surface area contributed by atoms with Gasteiger partial charge in [0.25, 0.3) is 0 Å². The van der Waals surface area contributed by atoms with Crippen LogP contribution in [0.15, 0.2) is 0 Å². The third-order valence-electron chi connectivity index (χ3n) is 1.50. The second-order valence-electron chi connectivity index (χ2n) is 2.72. The first-order chi connectivity index (χ1) is 7.31. The lowest BCUT2D eigenvalue weighted by Crippen LogP contribution is -2.38. The lowest BCUT2D eigenvalue weighted by atomic mass is 10.6. The molecule has 0 unspecified atom stereocenters. The maximum Gasteiger partial charge on any atom is 0.314 e. The number of nitrogens with one attached hydrogen (secondary N) is 2. The summed E-state index contributed by atoms with van der Waals surface area (Å²) in [6.45, 7) is 4.70. The number of urea groups is 1. The molecule has 0 saturated carbocycles. The molecule has 0 aliphatic heterocycles. The van der Waals surface area contributed by atoms with Crippen molar-refractivity contribution in [1.29, 1.82) is 0 Å². The molecule has 0 aromatic carbocycles. The van der Waals surface area contributed by atoms with E-state index in [-0.39, 0.29) is 12.6 Å². The van der Waals surface area contributed by atoms with Gasteiger partial charge in [0.2, 0.25) is 0 Å². The van der Waals surface area contributed by atoms with Crippen LogP contribution in [0.5, 0.6) is 0 Å².